The molecule has 1 saturated heterocycles. The summed E-state index contributed by atoms with van der Waals surface area (Å²) in [6.07, 6.45) is 3.07. The molecule has 1 amide bonds. The van der Waals surface area contributed by atoms with Crippen LogP contribution in [0.1, 0.15) is 48.9 Å². The third-order valence-corrected chi connectivity index (χ3v) is 8.15. The second-order valence-corrected chi connectivity index (χ2v) is 10.3. The zero-order chi connectivity index (χ0) is 22.7. The second kappa shape index (κ2) is 9.50. The first kappa shape index (κ1) is 22.6. The van der Waals surface area contributed by atoms with Gasteiger partial charge in [0, 0.05) is 43.6 Å². The molecule has 1 aliphatic heterocycles. The molecule has 8 heteroatoms. The van der Waals surface area contributed by atoms with Crippen LogP contribution in [0.15, 0.2) is 59.5 Å². The van der Waals surface area contributed by atoms with Crippen molar-refractivity contribution >= 4 is 21.7 Å². The van der Waals surface area contributed by atoms with Crippen LogP contribution < -0.4 is 0 Å². The van der Waals surface area contributed by atoms with E-state index in [1.54, 1.807) is 39.5 Å². The molecule has 170 valence electrons. The summed E-state index contributed by atoms with van der Waals surface area (Å²) >= 11 is 0. The lowest BCUT2D eigenvalue weighted by Gasteiger charge is -2.38. The number of hydrogen-bond acceptors (Lipinski definition) is 4. The number of sulfonamides is 1. The largest absolute Gasteiger partial charge is 0.343 e. The summed E-state index contributed by atoms with van der Waals surface area (Å²) in [7, 11) is -3.57. The minimum Gasteiger partial charge on any atom is -0.343 e. The molecule has 2 aliphatic rings. The molecule has 2 aromatic carbocycles. The van der Waals surface area contributed by atoms with Gasteiger partial charge in [-0.15, -0.1) is 0 Å². The second-order valence-electron chi connectivity index (χ2n) is 8.42. The number of carbonyl (C=O) groups is 2. The van der Waals surface area contributed by atoms with E-state index in [9.17, 15) is 22.4 Å². The Labute approximate surface area is 188 Å². The molecule has 0 spiro atoms. The molecule has 32 heavy (non-hydrogen) atoms. The zero-order valence-corrected chi connectivity index (χ0v) is 18.6. The highest BCUT2D eigenvalue weighted by Gasteiger charge is 2.43. The Bertz CT molecular complexity index is 1060. The molecule has 1 aliphatic carbocycles. The number of nitrogens with zero attached hydrogens (tertiary/aromatic N) is 2. The number of piperidine rings is 1. The lowest BCUT2D eigenvalue weighted by molar-refractivity contribution is -0.132. The van der Waals surface area contributed by atoms with Gasteiger partial charge < -0.3 is 4.90 Å². The topological polar surface area (TPSA) is 74.8 Å². The van der Waals surface area contributed by atoms with Gasteiger partial charge >= 0.3 is 0 Å². The molecule has 2 fully saturated rings. The molecule has 0 unspecified atom stereocenters. The smallest absolute Gasteiger partial charge is 0.243 e. The summed E-state index contributed by atoms with van der Waals surface area (Å²) in [6, 6.07) is 13.7. The predicted octanol–water partition coefficient (Wildman–Crippen LogP) is 3.63. The fourth-order valence-corrected chi connectivity index (χ4v) is 6.21. The number of rotatable bonds is 8. The van der Waals surface area contributed by atoms with Crippen molar-refractivity contribution in [3.63, 3.8) is 0 Å². The van der Waals surface area contributed by atoms with Gasteiger partial charge in [-0.3, -0.25) is 9.59 Å². The summed E-state index contributed by atoms with van der Waals surface area (Å²) < 4.78 is 41.2. The fraction of sp³-hybridized carbons (Fsp3) is 0.417. The summed E-state index contributed by atoms with van der Waals surface area (Å²) in [4.78, 5) is 26.9. The average Bonchev–Trinajstić information content (AvgIpc) is 3.63. The number of benzene rings is 2. The normalized spacial score (nSPS) is 17.5. The Hall–Kier alpha value is -2.58. The summed E-state index contributed by atoms with van der Waals surface area (Å²) in [6.45, 7) is 0.948. The van der Waals surface area contributed by atoms with E-state index in [1.165, 1.54) is 24.3 Å². The number of amides is 1. The number of Topliss-reactive ketones (excluding diaryl/α,β-unsaturated/α-hetero) is 1. The monoisotopic (exact) mass is 458 g/mol. The van der Waals surface area contributed by atoms with Gasteiger partial charge in [-0.1, -0.05) is 18.2 Å². The molecule has 4 rings (SSSR count). The van der Waals surface area contributed by atoms with Crippen LogP contribution in [0.25, 0.3) is 0 Å². The molecule has 2 aromatic rings. The zero-order valence-electron chi connectivity index (χ0n) is 17.8. The van der Waals surface area contributed by atoms with Crippen LogP contribution in [0, 0.1) is 5.82 Å². The minimum atomic E-state index is -3.57. The molecular formula is C24H27FN2O4S. The first-order valence-corrected chi connectivity index (χ1v) is 12.5. The first-order chi connectivity index (χ1) is 15.4. The lowest BCUT2D eigenvalue weighted by Crippen LogP contribution is -2.49. The summed E-state index contributed by atoms with van der Waals surface area (Å²) in [5.74, 6) is -0.708. The maximum atomic E-state index is 13.2. The third-order valence-electron chi connectivity index (χ3n) is 6.13. The highest BCUT2D eigenvalue weighted by atomic mass is 32.2. The van der Waals surface area contributed by atoms with Crippen LogP contribution >= 0.6 is 0 Å². The Morgan fingerprint density at radius 2 is 1.47 bits per heavy atom. The van der Waals surface area contributed by atoms with Crippen LogP contribution in [0.3, 0.4) is 0 Å². The first-order valence-electron chi connectivity index (χ1n) is 11.0. The van der Waals surface area contributed by atoms with E-state index in [0.29, 0.717) is 36.4 Å². The average molecular weight is 459 g/mol. The van der Waals surface area contributed by atoms with Gasteiger partial charge in [0.1, 0.15) is 5.82 Å². The van der Waals surface area contributed by atoms with Crippen LogP contribution in [0.5, 0.6) is 0 Å². The highest BCUT2D eigenvalue weighted by molar-refractivity contribution is 7.89. The Balaban J connectivity index is 1.33. The molecule has 0 aromatic heterocycles. The predicted molar refractivity (Wildman–Crippen MR) is 118 cm³/mol. The van der Waals surface area contributed by atoms with E-state index in [-0.39, 0.29) is 36.6 Å². The number of likely N-dealkylation sites (tertiary alicyclic amines) is 1. The van der Waals surface area contributed by atoms with Gasteiger partial charge in [0.2, 0.25) is 15.9 Å². The molecule has 0 N–H and O–H groups in total. The van der Waals surface area contributed by atoms with Crippen molar-refractivity contribution in [2.45, 2.75) is 55.5 Å². The molecule has 0 radical (unpaired) electrons. The number of ketones is 1. The van der Waals surface area contributed by atoms with Crippen LogP contribution in [0.4, 0.5) is 4.39 Å². The maximum absolute atomic E-state index is 13.2. The van der Waals surface area contributed by atoms with Crippen molar-refractivity contribution in [2.24, 2.45) is 0 Å². The van der Waals surface area contributed by atoms with E-state index in [1.807, 2.05) is 0 Å². The van der Waals surface area contributed by atoms with Crippen LogP contribution in [-0.4, -0.2) is 54.5 Å². The van der Waals surface area contributed by atoms with E-state index in [0.717, 1.165) is 12.8 Å². The SMILES string of the molecule is O=C(CCC(=O)N1CCC(N(C2CC2)S(=O)(=O)c2ccccc2)CC1)c1ccc(F)cc1. The van der Waals surface area contributed by atoms with E-state index >= 15 is 0 Å². The van der Waals surface area contributed by atoms with Crippen molar-refractivity contribution in [1.29, 1.82) is 0 Å². The van der Waals surface area contributed by atoms with Crippen molar-refractivity contribution in [3.8, 4) is 0 Å². The Morgan fingerprint density at radius 1 is 0.875 bits per heavy atom. The summed E-state index contributed by atoms with van der Waals surface area (Å²) in [5.41, 5.74) is 0.393. The Morgan fingerprint density at radius 3 is 2.06 bits per heavy atom. The quantitative estimate of drug-likeness (QED) is 0.566. The fourth-order valence-electron chi connectivity index (χ4n) is 4.26. The third kappa shape index (κ3) is 5.07. The van der Waals surface area contributed by atoms with E-state index < -0.39 is 15.8 Å². The highest BCUT2D eigenvalue weighted by Crippen LogP contribution is 2.36. The molecular weight excluding hydrogens is 431 g/mol. The van der Waals surface area contributed by atoms with E-state index in [4.69, 9.17) is 0 Å². The molecule has 1 saturated carbocycles. The molecule has 0 bridgehead atoms. The lowest BCUT2D eigenvalue weighted by atomic mass is 10.0. The van der Waals surface area contributed by atoms with Crippen LogP contribution in [-0.2, 0) is 14.8 Å². The summed E-state index contributed by atoms with van der Waals surface area (Å²) in [5, 5.41) is 0. The minimum absolute atomic E-state index is 0.0424. The van der Waals surface area contributed by atoms with Crippen molar-refractivity contribution in [2.75, 3.05) is 13.1 Å². The van der Waals surface area contributed by atoms with Gasteiger partial charge in [0.05, 0.1) is 4.90 Å². The molecule has 0 atom stereocenters. The maximum Gasteiger partial charge on any atom is 0.243 e. The van der Waals surface area contributed by atoms with Gasteiger partial charge in [-0.2, -0.15) is 4.31 Å². The number of halogens is 1. The molecule has 1 heterocycles. The van der Waals surface area contributed by atoms with Gasteiger partial charge in [-0.25, -0.2) is 12.8 Å². The Kier molecular flexibility index (Phi) is 6.71. The van der Waals surface area contributed by atoms with Crippen LogP contribution in [0.2, 0.25) is 0 Å². The van der Waals surface area contributed by atoms with E-state index in [2.05, 4.69) is 0 Å². The van der Waals surface area contributed by atoms with Gasteiger partial charge in [0.25, 0.3) is 0 Å². The standard InChI is InChI=1S/C24H27FN2O4S/c25-19-8-6-18(7-9-19)23(28)12-13-24(29)26-16-14-21(15-17-26)27(20-10-11-20)32(30,31)22-4-2-1-3-5-22/h1-9,20-21H,10-17H2. The van der Waals surface area contributed by atoms with Gasteiger partial charge in [-0.05, 0) is 62.1 Å². The van der Waals surface area contributed by atoms with Crippen molar-refractivity contribution in [3.05, 3.63) is 66.0 Å². The van der Waals surface area contributed by atoms with Crippen molar-refractivity contribution < 1.29 is 22.4 Å². The molecule has 6 nitrogen and oxygen atoms in total. The van der Waals surface area contributed by atoms with Crippen molar-refractivity contribution in [1.82, 2.24) is 9.21 Å². The number of carbonyl (C=O) groups excluding carboxylic acids is 2. The number of hydrogen-bond donors (Lipinski definition) is 0. The van der Waals surface area contributed by atoms with Gasteiger partial charge in [0.15, 0.2) is 5.78 Å².